The highest BCUT2D eigenvalue weighted by atomic mass is 16.6. The average Bonchev–Trinajstić information content (AvgIpc) is 4.17. The largest absolute Gasteiger partial charge is 0.465 e. The zero-order chi connectivity index (χ0) is 41.2. The number of esters is 4. The standard InChI is InChI=1S/C48H82O10/c1-3-5-7-9-11-17-21-25-29-53-45(49)37-33-41-43(57-41)35-39(37)47(51)55-31-27-23-19-15-13-14-16-20-24-28-32-56-48(52)40-36-44-42(58-44)34-38(40)46(50)54-30-26-22-18-12-10-8-6-4-2/h37-44H,3-36H2,1-2H3. The molecule has 10 nitrogen and oxygen atoms in total. The van der Waals surface area contributed by atoms with Gasteiger partial charge in [-0.05, 0) is 51.4 Å². The van der Waals surface area contributed by atoms with E-state index in [0.717, 1.165) is 77.0 Å². The molecule has 8 unspecified atom stereocenters. The molecular formula is C48H82O10. The molecule has 4 rings (SSSR count). The third kappa shape index (κ3) is 19.0. The number of fused-ring (bicyclic) bond motifs is 2. The van der Waals surface area contributed by atoms with E-state index in [-0.39, 0.29) is 48.3 Å². The molecule has 58 heavy (non-hydrogen) atoms. The Balaban J connectivity index is 0.944. The zero-order valence-electron chi connectivity index (χ0n) is 36.7. The van der Waals surface area contributed by atoms with Crippen LogP contribution in [0.3, 0.4) is 0 Å². The molecule has 2 heterocycles. The van der Waals surface area contributed by atoms with Crippen LogP contribution in [-0.4, -0.2) is 74.7 Å². The van der Waals surface area contributed by atoms with E-state index in [1.807, 2.05) is 0 Å². The molecule has 8 atom stereocenters. The molecule has 0 aromatic heterocycles. The first-order chi connectivity index (χ1) is 28.4. The zero-order valence-corrected chi connectivity index (χ0v) is 36.7. The minimum absolute atomic E-state index is 0.0836. The topological polar surface area (TPSA) is 130 Å². The summed E-state index contributed by atoms with van der Waals surface area (Å²) in [6, 6.07) is 0. The van der Waals surface area contributed by atoms with Crippen LogP contribution >= 0.6 is 0 Å². The molecular weight excluding hydrogens is 737 g/mol. The van der Waals surface area contributed by atoms with Gasteiger partial charge in [0.25, 0.3) is 0 Å². The maximum absolute atomic E-state index is 13.0. The highest BCUT2D eigenvalue weighted by Crippen LogP contribution is 2.45. The van der Waals surface area contributed by atoms with Gasteiger partial charge in [0, 0.05) is 0 Å². The fraction of sp³-hybridized carbons (Fsp3) is 0.917. The lowest BCUT2D eigenvalue weighted by Gasteiger charge is -2.26. The van der Waals surface area contributed by atoms with Gasteiger partial charge in [-0.25, -0.2) is 0 Å². The molecule has 2 aliphatic heterocycles. The van der Waals surface area contributed by atoms with E-state index < -0.39 is 23.7 Å². The highest BCUT2D eigenvalue weighted by Gasteiger charge is 2.54. The SMILES string of the molecule is CCCCCCCCCCOC(=O)C1CC2OC2CC1C(=O)OCCCCCCCCCCCCOC(=O)C1CC2OC2CC1C(=O)OCCCCCCCCCC. The number of unbranched alkanes of at least 4 members (excludes halogenated alkanes) is 23. The predicted octanol–water partition coefficient (Wildman–Crippen LogP) is 10.9. The smallest absolute Gasteiger partial charge is 0.309 e. The monoisotopic (exact) mass is 819 g/mol. The van der Waals surface area contributed by atoms with Gasteiger partial charge in [-0.1, -0.05) is 155 Å². The number of hydrogen-bond donors (Lipinski definition) is 0. The van der Waals surface area contributed by atoms with Crippen LogP contribution in [0.15, 0.2) is 0 Å². The van der Waals surface area contributed by atoms with Gasteiger partial charge in [0.1, 0.15) is 0 Å². The van der Waals surface area contributed by atoms with Crippen molar-refractivity contribution in [3.05, 3.63) is 0 Å². The Bertz CT molecular complexity index is 1070. The van der Waals surface area contributed by atoms with Gasteiger partial charge in [0.15, 0.2) is 0 Å². The van der Waals surface area contributed by atoms with Gasteiger partial charge in [-0.2, -0.15) is 0 Å². The Morgan fingerprint density at radius 3 is 0.724 bits per heavy atom. The van der Waals surface area contributed by atoms with Crippen molar-refractivity contribution in [2.45, 2.75) is 231 Å². The molecule has 2 aliphatic carbocycles. The summed E-state index contributed by atoms with van der Waals surface area (Å²) in [4.78, 5) is 51.9. The maximum atomic E-state index is 13.0. The second-order valence-electron chi connectivity index (χ2n) is 18.0. The number of rotatable bonds is 35. The van der Waals surface area contributed by atoms with Gasteiger partial charge >= 0.3 is 23.9 Å². The van der Waals surface area contributed by atoms with Crippen molar-refractivity contribution in [1.29, 1.82) is 0 Å². The molecule has 0 radical (unpaired) electrons. The van der Waals surface area contributed by atoms with Gasteiger partial charge in [-0.15, -0.1) is 0 Å². The molecule has 4 aliphatic rings. The molecule has 0 N–H and O–H groups in total. The van der Waals surface area contributed by atoms with Gasteiger partial charge in [0.05, 0.1) is 74.5 Å². The third-order valence-electron chi connectivity index (χ3n) is 13.0. The van der Waals surface area contributed by atoms with Crippen molar-refractivity contribution in [1.82, 2.24) is 0 Å². The first-order valence-electron chi connectivity index (χ1n) is 24.4. The Kier molecular flexibility index (Phi) is 24.3. The summed E-state index contributed by atoms with van der Waals surface area (Å²) in [5.74, 6) is -2.91. The fourth-order valence-corrected chi connectivity index (χ4v) is 9.10. The van der Waals surface area contributed by atoms with Crippen LogP contribution in [0.5, 0.6) is 0 Å². The molecule has 0 aromatic rings. The summed E-state index contributed by atoms with van der Waals surface area (Å²) in [6.07, 6.45) is 32.3. The third-order valence-corrected chi connectivity index (χ3v) is 13.0. The first-order valence-corrected chi connectivity index (χ1v) is 24.4. The Labute approximate surface area is 351 Å². The number of ether oxygens (including phenoxy) is 6. The van der Waals surface area contributed by atoms with Crippen molar-refractivity contribution in [3.63, 3.8) is 0 Å². The van der Waals surface area contributed by atoms with Crippen molar-refractivity contribution < 1.29 is 47.6 Å². The maximum Gasteiger partial charge on any atom is 0.309 e. The molecule has 4 fully saturated rings. The van der Waals surface area contributed by atoms with E-state index in [4.69, 9.17) is 28.4 Å². The predicted molar refractivity (Wildman–Crippen MR) is 225 cm³/mol. The summed E-state index contributed by atoms with van der Waals surface area (Å²) >= 11 is 0. The lowest BCUT2D eigenvalue weighted by molar-refractivity contribution is -0.162. The highest BCUT2D eigenvalue weighted by molar-refractivity contribution is 5.83. The molecule has 0 amide bonds. The van der Waals surface area contributed by atoms with Gasteiger partial charge < -0.3 is 28.4 Å². The summed E-state index contributed by atoms with van der Waals surface area (Å²) < 4.78 is 33.9. The second kappa shape index (κ2) is 29.1. The average molecular weight is 819 g/mol. The van der Waals surface area contributed by atoms with Crippen molar-refractivity contribution >= 4 is 23.9 Å². The van der Waals surface area contributed by atoms with Crippen LogP contribution in [0.4, 0.5) is 0 Å². The summed E-state index contributed by atoms with van der Waals surface area (Å²) in [7, 11) is 0. The van der Waals surface area contributed by atoms with E-state index in [1.54, 1.807) is 0 Å². The van der Waals surface area contributed by atoms with Gasteiger partial charge in [0.2, 0.25) is 0 Å². The Morgan fingerprint density at radius 2 is 0.517 bits per heavy atom. The molecule has 2 saturated carbocycles. The summed E-state index contributed by atoms with van der Waals surface area (Å²) in [5.41, 5.74) is 0. The van der Waals surface area contributed by atoms with E-state index >= 15 is 0 Å². The summed E-state index contributed by atoms with van der Waals surface area (Å²) in [5, 5.41) is 0. The van der Waals surface area contributed by atoms with Crippen LogP contribution in [-0.2, 0) is 47.6 Å². The minimum atomic E-state index is -0.462. The van der Waals surface area contributed by atoms with Crippen molar-refractivity contribution in [2.75, 3.05) is 26.4 Å². The Morgan fingerprint density at radius 1 is 0.328 bits per heavy atom. The first kappa shape index (κ1) is 48.5. The van der Waals surface area contributed by atoms with Crippen molar-refractivity contribution in [3.8, 4) is 0 Å². The van der Waals surface area contributed by atoms with E-state index in [1.165, 1.54) is 89.9 Å². The molecule has 0 bridgehead atoms. The lowest BCUT2D eigenvalue weighted by atomic mass is 9.79. The number of epoxide rings is 2. The van der Waals surface area contributed by atoms with Crippen LogP contribution in [0.2, 0.25) is 0 Å². The second-order valence-corrected chi connectivity index (χ2v) is 18.0. The number of hydrogen-bond acceptors (Lipinski definition) is 10. The van der Waals surface area contributed by atoms with E-state index in [9.17, 15) is 19.2 Å². The normalized spacial score (nSPS) is 25.6. The fourth-order valence-electron chi connectivity index (χ4n) is 9.10. The quantitative estimate of drug-likeness (QED) is 0.0264. The van der Waals surface area contributed by atoms with Gasteiger partial charge in [-0.3, -0.25) is 19.2 Å². The molecule has 0 spiro atoms. The molecule has 2 saturated heterocycles. The Hall–Kier alpha value is -2.20. The number of carbonyl (C=O) groups excluding carboxylic acids is 4. The molecule has 334 valence electrons. The summed E-state index contributed by atoms with van der Waals surface area (Å²) in [6.45, 7) is 6.11. The van der Waals surface area contributed by atoms with Crippen LogP contribution in [0.25, 0.3) is 0 Å². The molecule has 0 aromatic carbocycles. The van der Waals surface area contributed by atoms with E-state index in [0.29, 0.717) is 52.1 Å². The van der Waals surface area contributed by atoms with Crippen LogP contribution in [0.1, 0.15) is 206 Å². The molecule has 10 heteroatoms. The van der Waals surface area contributed by atoms with Crippen LogP contribution < -0.4 is 0 Å². The van der Waals surface area contributed by atoms with E-state index in [2.05, 4.69) is 13.8 Å². The number of carbonyl (C=O) groups is 4. The van der Waals surface area contributed by atoms with Crippen molar-refractivity contribution in [2.24, 2.45) is 23.7 Å². The minimum Gasteiger partial charge on any atom is -0.465 e. The van der Waals surface area contributed by atoms with Crippen LogP contribution in [0, 0.1) is 23.7 Å². The lowest BCUT2D eigenvalue weighted by Crippen LogP contribution is -2.37.